The average molecular weight is 312 g/mol. The van der Waals surface area contributed by atoms with Crippen LogP contribution in [0.4, 0.5) is 11.4 Å². The summed E-state index contributed by atoms with van der Waals surface area (Å²) >= 11 is 0. The molecule has 0 bridgehead atoms. The van der Waals surface area contributed by atoms with E-state index in [1.165, 1.54) is 11.6 Å². The second kappa shape index (κ2) is 6.20. The first-order chi connectivity index (χ1) is 10.7. The van der Waals surface area contributed by atoms with Crippen molar-refractivity contribution in [2.45, 2.75) is 33.1 Å². The fraction of sp³-hybridized carbons (Fsp3) is 0.278. The highest BCUT2D eigenvalue weighted by molar-refractivity contribution is 6.04. The van der Waals surface area contributed by atoms with Crippen LogP contribution in [-0.2, 0) is 5.41 Å². The molecule has 2 rings (SSSR count). The third-order valence-corrected chi connectivity index (χ3v) is 3.68. The van der Waals surface area contributed by atoms with Gasteiger partial charge in [0.2, 0.25) is 0 Å². The molecule has 2 aromatic carbocycles. The van der Waals surface area contributed by atoms with Crippen molar-refractivity contribution in [2.75, 3.05) is 5.32 Å². The molecule has 0 saturated carbocycles. The molecule has 0 spiro atoms. The van der Waals surface area contributed by atoms with Gasteiger partial charge in [0.25, 0.3) is 11.6 Å². The van der Waals surface area contributed by atoms with Gasteiger partial charge in [-0.15, -0.1) is 0 Å². The zero-order chi connectivity index (χ0) is 17.2. The fourth-order valence-electron chi connectivity index (χ4n) is 2.20. The van der Waals surface area contributed by atoms with Gasteiger partial charge in [0.15, 0.2) is 0 Å². The molecule has 0 fully saturated rings. The molecule has 0 unspecified atom stereocenters. The molecule has 2 aromatic rings. The molecule has 0 heterocycles. The van der Waals surface area contributed by atoms with Crippen LogP contribution in [0.2, 0.25) is 0 Å². The molecule has 1 N–H and O–H groups in total. The van der Waals surface area contributed by atoms with E-state index in [2.05, 4.69) is 26.1 Å². The van der Waals surface area contributed by atoms with E-state index in [9.17, 15) is 14.9 Å². The molecule has 0 atom stereocenters. The van der Waals surface area contributed by atoms with Gasteiger partial charge in [-0.3, -0.25) is 14.9 Å². The molecule has 1 amide bonds. The van der Waals surface area contributed by atoms with Crippen LogP contribution in [0.5, 0.6) is 0 Å². The van der Waals surface area contributed by atoms with Gasteiger partial charge in [0.05, 0.1) is 4.92 Å². The fourth-order valence-corrected chi connectivity index (χ4v) is 2.20. The molecule has 5 heteroatoms. The van der Waals surface area contributed by atoms with Crippen LogP contribution in [0.25, 0.3) is 0 Å². The monoisotopic (exact) mass is 312 g/mol. The molecule has 0 aliphatic rings. The van der Waals surface area contributed by atoms with E-state index in [4.69, 9.17) is 0 Å². The number of anilines is 1. The minimum absolute atomic E-state index is 0.0418. The van der Waals surface area contributed by atoms with Gasteiger partial charge in [0.1, 0.15) is 0 Å². The van der Waals surface area contributed by atoms with E-state index < -0.39 is 4.92 Å². The van der Waals surface area contributed by atoms with Gasteiger partial charge in [-0.25, -0.2) is 0 Å². The maximum absolute atomic E-state index is 12.2. The Hall–Kier alpha value is -2.69. The van der Waals surface area contributed by atoms with Crippen molar-refractivity contribution in [2.24, 2.45) is 0 Å². The predicted molar refractivity (Wildman–Crippen MR) is 90.9 cm³/mol. The predicted octanol–water partition coefficient (Wildman–Crippen LogP) is 4.45. The standard InChI is InChI=1S/C18H20N2O3/c1-12-5-6-13(11-16(12)20(22)23)17(21)19-15-9-7-14(8-10-15)18(2,3)4/h5-11H,1-4H3,(H,19,21). The molecule has 0 saturated heterocycles. The number of rotatable bonds is 3. The number of hydrogen-bond donors (Lipinski definition) is 1. The summed E-state index contributed by atoms with van der Waals surface area (Å²) in [5, 5.41) is 13.7. The van der Waals surface area contributed by atoms with Crippen LogP contribution in [0.15, 0.2) is 42.5 Å². The first kappa shape index (κ1) is 16.7. The van der Waals surface area contributed by atoms with E-state index in [0.717, 1.165) is 0 Å². The maximum atomic E-state index is 12.2. The Labute approximate surface area is 135 Å². The highest BCUT2D eigenvalue weighted by Gasteiger charge is 2.16. The summed E-state index contributed by atoms with van der Waals surface area (Å²) in [7, 11) is 0. The second-order valence-electron chi connectivity index (χ2n) is 6.54. The Morgan fingerprint density at radius 2 is 1.70 bits per heavy atom. The van der Waals surface area contributed by atoms with E-state index in [1.807, 2.05) is 24.3 Å². The molecule has 5 nitrogen and oxygen atoms in total. The number of benzene rings is 2. The van der Waals surface area contributed by atoms with E-state index in [-0.39, 0.29) is 22.6 Å². The molecular weight excluding hydrogens is 292 g/mol. The molecule has 0 aromatic heterocycles. The Bertz CT molecular complexity index is 744. The van der Waals surface area contributed by atoms with Crippen molar-refractivity contribution in [3.05, 3.63) is 69.3 Å². The Kier molecular flexibility index (Phi) is 4.50. The molecule has 120 valence electrons. The lowest BCUT2D eigenvalue weighted by Crippen LogP contribution is -2.14. The Balaban J connectivity index is 2.19. The molecular formula is C18H20N2O3. The molecule has 0 radical (unpaired) electrons. The number of aryl methyl sites for hydroxylation is 1. The SMILES string of the molecule is Cc1ccc(C(=O)Nc2ccc(C(C)(C)C)cc2)cc1[N+](=O)[O-]. The average Bonchev–Trinajstić information content (AvgIpc) is 2.47. The first-order valence-electron chi connectivity index (χ1n) is 7.35. The zero-order valence-corrected chi connectivity index (χ0v) is 13.7. The van der Waals surface area contributed by atoms with Crippen LogP contribution >= 0.6 is 0 Å². The lowest BCUT2D eigenvalue weighted by molar-refractivity contribution is -0.385. The van der Waals surface area contributed by atoms with Gasteiger partial charge >= 0.3 is 0 Å². The van der Waals surface area contributed by atoms with Crippen molar-refractivity contribution in [1.29, 1.82) is 0 Å². The van der Waals surface area contributed by atoms with Gasteiger partial charge in [-0.2, -0.15) is 0 Å². The lowest BCUT2D eigenvalue weighted by Gasteiger charge is -2.19. The Morgan fingerprint density at radius 1 is 1.09 bits per heavy atom. The molecule has 0 aliphatic heterocycles. The smallest absolute Gasteiger partial charge is 0.273 e. The topological polar surface area (TPSA) is 72.2 Å². The van der Waals surface area contributed by atoms with Crippen molar-refractivity contribution in [3.8, 4) is 0 Å². The molecule has 0 aliphatic carbocycles. The normalized spacial score (nSPS) is 11.1. The van der Waals surface area contributed by atoms with Crippen molar-refractivity contribution in [3.63, 3.8) is 0 Å². The number of carbonyl (C=O) groups excluding carboxylic acids is 1. The van der Waals surface area contributed by atoms with E-state index in [0.29, 0.717) is 11.3 Å². The summed E-state index contributed by atoms with van der Waals surface area (Å²) < 4.78 is 0. The van der Waals surface area contributed by atoms with Gasteiger partial charge in [-0.1, -0.05) is 39.0 Å². The minimum Gasteiger partial charge on any atom is -0.322 e. The number of carbonyl (C=O) groups is 1. The van der Waals surface area contributed by atoms with Crippen LogP contribution in [0, 0.1) is 17.0 Å². The van der Waals surface area contributed by atoms with Gasteiger partial charge < -0.3 is 5.32 Å². The largest absolute Gasteiger partial charge is 0.322 e. The summed E-state index contributed by atoms with van der Waals surface area (Å²) in [6, 6.07) is 12.1. The second-order valence-corrected chi connectivity index (χ2v) is 6.54. The van der Waals surface area contributed by atoms with Crippen molar-refractivity contribution < 1.29 is 9.72 Å². The number of hydrogen-bond acceptors (Lipinski definition) is 3. The van der Waals surface area contributed by atoms with Crippen molar-refractivity contribution in [1.82, 2.24) is 0 Å². The zero-order valence-electron chi connectivity index (χ0n) is 13.7. The number of nitrogens with zero attached hydrogens (tertiary/aromatic N) is 1. The summed E-state index contributed by atoms with van der Waals surface area (Å²) in [5.74, 6) is -0.364. The van der Waals surface area contributed by atoms with Crippen LogP contribution < -0.4 is 5.32 Å². The number of nitrogens with one attached hydrogen (secondary N) is 1. The number of nitro benzene ring substituents is 1. The minimum atomic E-state index is -0.482. The summed E-state index contributed by atoms with van der Waals surface area (Å²) in [6.07, 6.45) is 0. The van der Waals surface area contributed by atoms with Crippen LogP contribution in [0.1, 0.15) is 42.3 Å². The van der Waals surface area contributed by atoms with E-state index >= 15 is 0 Å². The number of nitro groups is 1. The maximum Gasteiger partial charge on any atom is 0.273 e. The highest BCUT2D eigenvalue weighted by atomic mass is 16.6. The summed E-state index contributed by atoms with van der Waals surface area (Å²) in [6.45, 7) is 8.00. The third-order valence-electron chi connectivity index (χ3n) is 3.68. The summed E-state index contributed by atoms with van der Waals surface area (Å²) in [5.41, 5.74) is 2.61. The number of amides is 1. The van der Waals surface area contributed by atoms with Crippen LogP contribution in [0.3, 0.4) is 0 Å². The van der Waals surface area contributed by atoms with Crippen LogP contribution in [-0.4, -0.2) is 10.8 Å². The molecule has 23 heavy (non-hydrogen) atoms. The Morgan fingerprint density at radius 3 is 2.22 bits per heavy atom. The van der Waals surface area contributed by atoms with Gasteiger partial charge in [0, 0.05) is 22.9 Å². The van der Waals surface area contributed by atoms with Gasteiger partial charge in [-0.05, 0) is 36.1 Å². The third kappa shape index (κ3) is 3.94. The van der Waals surface area contributed by atoms with E-state index in [1.54, 1.807) is 19.1 Å². The first-order valence-corrected chi connectivity index (χ1v) is 7.35. The highest BCUT2D eigenvalue weighted by Crippen LogP contribution is 2.24. The summed E-state index contributed by atoms with van der Waals surface area (Å²) in [4.78, 5) is 22.7. The quantitative estimate of drug-likeness (QED) is 0.672. The van der Waals surface area contributed by atoms with Crippen molar-refractivity contribution >= 4 is 17.3 Å². The lowest BCUT2D eigenvalue weighted by atomic mass is 9.87.